The van der Waals surface area contributed by atoms with Crippen LogP contribution in [0.4, 0.5) is 10.3 Å². The second-order valence-electron chi connectivity index (χ2n) is 10.2. The molecule has 0 spiro atoms. The van der Waals surface area contributed by atoms with E-state index in [1.54, 1.807) is 51.2 Å². The maximum absolute atomic E-state index is 14.8. The van der Waals surface area contributed by atoms with Crippen molar-refractivity contribution in [2.24, 2.45) is 0 Å². The van der Waals surface area contributed by atoms with Gasteiger partial charge in [0.2, 0.25) is 5.95 Å². The molecule has 0 aliphatic carbocycles. The van der Waals surface area contributed by atoms with Crippen LogP contribution in [0.3, 0.4) is 0 Å². The smallest absolute Gasteiger partial charge is 0.226 e. The Morgan fingerprint density at radius 1 is 0.860 bits per heavy atom. The number of anilines is 1. The first kappa shape index (κ1) is 28.2. The number of aromatic nitrogens is 4. The molecule has 0 atom stereocenters. The number of halogens is 1. The molecule has 5 aromatic rings. The predicted octanol–water partition coefficient (Wildman–Crippen LogP) is 5.14. The van der Waals surface area contributed by atoms with E-state index in [2.05, 4.69) is 16.3 Å². The summed E-state index contributed by atoms with van der Waals surface area (Å²) in [6.45, 7) is 2.62. The maximum atomic E-state index is 14.8. The van der Waals surface area contributed by atoms with Gasteiger partial charge in [-0.3, -0.25) is 4.90 Å². The van der Waals surface area contributed by atoms with Gasteiger partial charge in [0.25, 0.3) is 0 Å². The zero-order valence-electron chi connectivity index (χ0n) is 24.6. The van der Waals surface area contributed by atoms with E-state index in [1.807, 2.05) is 30.5 Å². The van der Waals surface area contributed by atoms with Gasteiger partial charge in [-0.05, 0) is 59.5 Å². The number of methoxy groups -OCH3 is 4. The minimum absolute atomic E-state index is 0.294. The van der Waals surface area contributed by atoms with Crippen molar-refractivity contribution in [3.05, 3.63) is 88.9 Å². The quantitative estimate of drug-likeness (QED) is 0.240. The summed E-state index contributed by atoms with van der Waals surface area (Å²) in [5, 5.41) is 8.05. The number of benzene rings is 3. The minimum Gasteiger partial charge on any atom is -0.493 e. The van der Waals surface area contributed by atoms with Gasteiger partial charge in [-0.15, -0.1) is 5.10 Å². The maximum Gasteiger partial charge on any atom is 0.226 e. The molecular formula is C32H33FN6O4. The Bertz CT molecular complexity index is 1780. The normalized spacial score (nSPS) is 13.0. The van der Waals surface area contributed by atoms with Crippen molar-refractivity contribution in [1.82, 2.24) is 24.5 Å². The molecule has 222 valence electrons. The highest BCUT2D eigenvalue weighted by Crippen LogP contribution is 2.34. The lowest BCUT2D eigenvalue weighted by atomic mass is 9.98. The van der Waals surface area contributed by atoms with Gasteiger partial charge in [-0.2, -0.15) is 4.52 Å². The topological polar surface area (TPSA) is 95.3 Å². The monoisotopic (exact) mass is 584 g/mol. The number of fused-ring (bicyclic) bond motifs is 2. The summed E-state index contributed by atoms with van der Waals surface area (Å²) in [5.41, 5.74) is 5.23. The highest BCUT2D eigenvalue weighted by atomic mass is 19.1. The van der Waals surface area contributed by atoms with Crippen LogP contribution in [0.5, 0.6) is 23.0 Å². The van der Waals surface area contributed by atoms with Crippen molar-refractivity contribution in [3.8, 4) is 34.4 Å². The third kappa shape index (κ3) is 5.63. The lowest BCUT2D eigenvalue weighted by Gasteiger charge is -2.29. The standard InChI is InChI=1S/C32H33FN6O4/c1-40-26-10-9-20(13-27(26)41-2)16-34-32-35-17-23(31-36-30(37-39(31)32)24-7-5-6-8-25(24)33)19-38-12-11-21-14-28(42-3)29(43-4)15-22(21)18-38/h5-10,13-15,17H,11-12,16,18-19H2,1-4H3,(H,34,35). The van der Waals surface area contributed by atoms with Crippen LogP contribution in [-0.4, -0.2) is 59.5 Å². The first-order valence-corrected chi connectivity index (χ1v) is 13.9. The van der Waals surface area contributed by atoms with Crippen LogP contribution >= 0.6 is 0 Å². The molecule has 2 aromatic heterocycles. The zero-order valence-corrected chi connectivity index (χ0v) is 24.6. The van der Waals surface area contributed by atoms with E-state index in [9.17, 15) is 4.39 Å². The van der Waals surface area contributed by atoms with Crippen LogP contribution < -0.4 is 24.3 Å². The lowest BCUT2D eigenvalue weighted by molar-refractivity contribution is 0.244. The Balaban J connectivity index is 1.31. The number of hydrogen-bond acceptors (Lipinski definition) is 9. The molecule has 0 saturated heterocycles. The van der Waals surface area contributed by atoms with Crippen molar-refractivity contribution in [2.45, 2.75) is 26.1 Å². The summed E-state index contributed by atoms with van der Waals surface area (Å²) in [6.07, 6.45) is 2.69. The van der Waals surface area contributed by atoms with Gasteiger partial charge in [-0.25, -0.2) is 14.4 Å². The van der Waals surface area contributed by atoms with E-state index in [0.717, 1.165) is 36.4 Å². The van der Waals surface area contributed by atoms with E-state index in [1.165, 1.54) is 17.2 Å². The highest BCUT2D eigenvalue weighted by molar-refractivity contribution is 5.62. The molecule has 0 fully saturated rings. The van der Waals surface area contributed by atoms with Crippen LogP contribution in [-0.2, 0) is 26.1 Å². The Morgan fingerprint density at radius 2 is 1.58 bits per heavy atom. The lowest BCUT2D eigenvalue weighted by Crippen LogP contribution is -2.30. The number of hydrogen-bond donors (Lipinski definition) is 1. The summed E-state index contributed by atoms with van der Waals surface area (Å²) < 4.78 is 38.3. The van der Waals surface area contributed by atoms with Gasteiger partial charge in [0, 0.05) is 37.9 Å². The Kier molecular flexibility index (Phi) is 7.97. The van der Waals surface area contributed by atoms with E-state index in [4.69, 9.17) is 34.0 Å². The molecule has 3 aromatic carbocycles. The predicted molar refractivity (Wildman–Crippen MR) is 160 cm³/mol. The van der Waals surface area contributed by atoms with Crippen molar-refractivity contribution in [1.29, 1.82) is 0 Å². The molecule has 1 N–H and O–H groups in total. The molecule has 0 saturated carbocycles. The van der Waals surface area contributed by atoms with Crippen molar-refractivity contribution < 1.29 is 23.3 Å². The molecule has 6 rings (SSSR count). The first-order chi connectivity index (χ1) is 21.0. The van der Waals surface area contributed by atoms with Gasteiger partial charge in [0.15, 0.2) is 34.5 Å². The molecule has 1 aliphatic heterocycles. The Labute approximate surface area is 249 Å². The molecule has 0 radical (unpaired) electrons. The Morgan fingerprint density at radius 3 is 2.33 bits per heavy atom. The van der Waals surface area contributed by atoms with E-state index in [-0.39, 0.29) is 5.82 Å². The van der Waals surface area contributed by atoms with Crippen LogP contribution in [0.2, 0.25) is 0 Å². The van der Waals surface area contributed by atoms with E-state index >= 15 is 0 Å². The van der Waals surface area contributed by atoms with Crippen LogP contribution in [0.25, 0.3) is 17.0 Å². The van der Waals surface area contributed by atoms with Crippen molar-refractivity contribution in [3.63, 3.8) is 0 Å². The summed E-state index contributed by atoms with van der Waals surface area (Å²) >= 11 is 0. The van der Waals surface area contributed by atoms with Crippen molar-refractivity contribution in [2.75, 3.05) is 40.3 Å². The Hall–Kier alpha value is -4.90. The summed E-state index contributed by atoms with van der Waals surface area (Å²) in [6, 6.07) is 16.3. The third-order valence-corrected chi connectivity index (χ3v) is 7.64. The van der Waals surface area contributed by atoms with Crippen LogP contribution in [0, 0.1) is 5.82 Å². The van der Waals surface area contributed by atoms with Gasteiger partial charge < -0.3 is 24.3 Å². The molecule has 10 nitrogen and oxygen atoms in total. The van der Waals surface area contributed by atoms with Gasteiger partial charge >= 0.3 is 0 Å². The molecule has 43 heavy (non-hydrogen) atoms. The van der Waals surface area contributed by atoms with Crippen LogP contribution in [0.15, 0.2) is 60.8 Å². The molecule has 0 unspecified atom stereocenters. The molecule has 1 aliphatic rings. The average Bonchev–Trinajstić information content (AvgIpc) is 3.49. The summed E-state index contributed by atoms with van der Waals surface area (Å²) in [5.74, 6) is 3.14. The second-order valence-corrected chi connectivity index (χ2v) is 10.2. The first-order valence-electron chi connectivity index (χ1n) is 13.9. The van der Waals surface area contributed by atoms with Gasteiger partial charge in [0.1, 0.15) is 5.82 Å². The number of rotatable bonds is 10. The van der Waals surface area contributed by atoms with Gasteiger partial charge in [0.05, 0.1) is 34.0 Å². The van der Waals surface area contributed by atoms with Gasteiger partial charge in [-0.1, -0.05) is 18.2 Å². The molecule has 11 heteroatoms. The molecule has 0 bridgehead atoms. The number of nitrogens with one attached hydrogen (secondary N) is 1. The minimum atomic E-state index is -0.384. The highest BCUT2D eigenvalue weighted by Gasteiger charge is 2.22. The summed E-state index contributed by atoms with van der Waals surface area (Å²) in [4.78, 5) is 11.9. The fraction of sp³-hybridized carbons (Fsp3) is 0.281. The number of ether oxygens (including phenoxy) is 4. The molecule has 3 heterocycles. The fourth-order valence-electron chi connectivity index (χ4n) is 5.40. The SMILES string of the molecule is COc1ccc(CNc2ncc(CN3CCc4cc(OC)c(OC)cc4C3)c3nc(-c4ccccc4F)nn23)cc1OC. The summed E-state index contributed by atoms with van der Waals surface area (Å²) in [7, 11) is 6.50. The van der Waals surface area contributed by atoms with Crippen LogP contribution in [0.1, 0.15) is 22.3 Å². The molecular weight excluding hydrogens is 551 g/mol. The average molecular weight is 585 g/mol. The zero-order chi connectivity index (χ0) is 29.9. The molecule has 0 amide bonds. The fourth-order valence-corrected chi connectivity index (χ4v) is 5.40. The second kappa shape index (κ2) is 12.1. The van der Waals surface area contributed by atoms with Crippen molar-refractivity contribution >= 4 is 11.6 Å². The van der Waals surface area contributed by atoms with E-state index < -0.39 is 0 Å². The third-order valence-electron chi connectivity index (χ3n) is 7.64. The largest absolute Gasteiger partial charge is 0.493 e. The number of nitrogens with zero attached hydrogens (tertiary/aromatic N) is 5. The van der Waals surface area contributed by atoms with E-state index in [0.29, 0.717) is 53.3 Å².